The van der Waals surface area contributed by atoms with E-state index in [0.717, 1.165) is 24.3 Å². The second-order valence-corrected chi connectivity index (χ2v) is 7.50. The summed E-state index contributed by atoms with van der Waals surface area (Å²) in [6, 6.07) is 0. The average Bonchev–Trinajstić information content (AvgIpc) is 2.56. The minimum atomic E-state index is 0.408. The molecule has 0 aromatic heterocycles. The molecule has 1 rings (SSSR count). The van der Waals surface area contributed by atoms with Crippen LogP contribution < -0.4 is 5.73 Å². The van der Waals surface area contributed by atoms with Crippen LogP contribution in [0.3, 0.4) is 0 Å². The average molecular weight is 254 g/mol. The van der Waals surface area contributed by atoms with Gasteiger partial charge in [-0.15, -0.1) is 0 Å². The number of likely N-dealkylation sites (tertiary alicyclic amines) is 1. The summed E-state index contributed by atoms with van der Waals surface area (Å²) in [5.41, 5.74) is 6.15. The first-order valence-corrected chi connectivity index (χ1v) is 7.77. The van der Waals surface area contributed by atoms with Gasteiger partial charge in [-0.3, -0.25) is 0 Å². The number of nitrogens with two attached hydrogens (primary N) is 1. The van der Waals surface area contributed by atoms with Crippen molar-refractivity contribution in [2.75, 3.05) is 26.2 Å². The maximum absolute atomic E-state index is 5.75. The van der Waals surface area contributed by atoms with Crippen molar-refractivity contribution in [2.24, 2.45) is 28.9 Å². The zero-order valence-electron chi connectivity index (χ0n) is 13.2. The molecule has 2 heteroatoms. The van der Waals surface area contributed by atoms with E-state index in [4.69, 9.17) is 5.73 Å². The molecule has 1 aliphatic heterocycles. The Morgan fingerprint density at radius 2 is 1.67 bits per heavy atom. The second kappa shape index (κ2) is 6.91. The molecule has 0 bridgehead atoms. The fraction of sp³-hybridized carbons (Fsp3) is 1.00. The molecule has 0 saturated carbocycles. The van der Waals surface area contributed by atoms with Gasteiger partial charge in [0.25, 0.3) is 0 Å². The highest BCUT2D eigenvalue weighted by Gasteiger charge is 2.27. The third-order valence-corrected chi connectivity index (χ3v) is 4.83. The molecule has 0 amide bonds. The van der Waals surface area contributed by atoms with Crippen LogP contribution in [0.15, 0.2) is 0 Å². The lowest BCUT2D eigenvalue weighted by Gasteiger charge is -2.31. The number of hydrogen-bond acceptors (Lipinski definition) is 2. The molecular weight excluding hydrogens is 220 g/mol. The van der Waals surface area contributed by atoms with Gasteiger partial charge in [0, 0.05) is 13.1 Å². The van der Waals surface area contributed by atoms with Gasteiger partial charge in [0.15, 0.2) is 0 Å². The first-order valence-electron chi connectivity index (χ1n) is 7.77. The van der Waals surface area contributed by atoms with Crippen LogP contribution in [0.25, 0.3) is 0 Å². The molecule has 18 heavy (non-hydrogen) atoms. The van der Waals surface area contributed by atoms with E-state index in [-0.39, 0.29) is 0 Å². The van der Waals surface area contributed by atoms with E-state index in [0.29, 0.717) is 5.41 Å². The van der Waals surface area contributed by atoms with E-state index in [1.165, 1.54) is 38.9 Å². The van der Waals surface area contributed by atoms with Crippen LogP contribution in [0, 0.1) is 23.2 Å². The Kier molecular flexibility index (Phi) is 6.13. The molecule has 2 nitrogen and oxygen atoms in total. The Balaban J connectivity index is 2.27. The molecule has 0 aromatic rings. The fourth-order valence-electron chi connectivity index (χ4n) is 3.20. The van der Waals surface area contributed by atoms with Gasteiger partial charge in [-0.2, -0.15) is 0 Å². The van der Waals surface area contributed by atoms with Gasteiger partial charge in [0.1, 0.15) is 0 Å². The van der Waals surface area contributed by atoms with E-state index in [1.54, 1.807) is 0 Å². The normalized spacial score (nSPS) is 27.7. The predicted octanol–water partition coefficient (Wildman–Crippen LogP) is 3.37. The van der Waals surface area contributed by atoms with Crippen LogP contribution in [0.5, 0.6) is 0 Å². The van der Waals surface area contributed by atoms with Gasteiger partial charge >= 0.3 is 0 Å². The number of rotatable bonds is 6. The lowest BCUT2D eigenvalue weighted by molar-refractivity contribution is 0.199. The van der Waals surface area contributed by atoms with Crippen LogP contribution in [0.2, 0.25) is 0 Å². The van der Waals surface area contributed by atoms with Crippen LogP contribution >= 0.6 is 0 Å². The summed E-state index contributed by atoms with van der Waals surface area (Å²) in [6.45, 7) is 16.6. The Morgan fingerprint density at radius 3 is 2.11 bits per heavy atom. The molecule has 3 atom stereocenters. The van der Waals surface area contributed by atoms with Crippen molar-refractivity contribution in [3.63, 3.8) is 0 Å². The van der Waals surface area contributed by atoms with Crippen LogP contribution in [0.4, 0.5) is 0 Å². The fourth-order valence-corrected chi connectivity index (χ4v) is 3.20. The SMILES string of the molecule is CC1CN(CCCC(CCN)C(C)(C)C)CC1C. The Hall–Kier alpha value is -0.0800. The molecule has 0 aliphatic carbocycles. The van der Waals surface area contributed by atoms with E-state index in [9.17, 15) is 0 Å². The first kappa shape index (κ1) is 16.0. The monoisotopic (exact) mass is 254 g/mol. The van der Waals surface area contributed by atoms with Crippen molar-refractivity contribution in [1.82, 2.24) is 4.90 Å². The summed E-state index contributed by atoms with van der Waals surface area (Å²) in [5, 5.41) is 0. The molecule has 1 saturated heterocycles. The maximum Gasteiger partial charge on any atom is 0.00102 e. The summed E-state index contributed by atoms with van der Waals surface area (Å²) in [4.78, 5) is 2.65. The Bertz CT molecular complexity index is 222. The summed E-state index contributed by atoms with van der Waals surface area (Å²) >= 11 is 0. The Labute approximate surface area is 114 Å². The minimum absolute atomic E-state index is 0.408. The highest BCUT2D eigenvalue weighted by atomic mass is 15.1. The van der Waals surface area contributed by atoms with Crippen molar-refractivity contribution in [1.29, 1.82) is 0 Å². The molecule has 0 aromatic carbocycles. The minimum Gasteiger partial charge on any atom is -0.330 e. The summed E-state index contributed by atoms with van der Waals surface area (Å²) in [5.74, 6) is 2.54. The molecule has 1 aliphatic rings. The Morgan fingerprint density at radius 1 is 1.11 bits per heavy atom. The van der Waals surface area contributed by atoms with Gasteiger partial charge in [-0.05, 0) is 55.5 Å². The molecule has 0 radical (unpaired) electrons. The highest BCUT2D eigenvalue weighted by Crippen LogP contribution is 2.32. The van der Waals surface area contributed by atoms with Crippen molar-refractivity contribution >= 4 is 0 Å². The zero-order valence-corrected chi connectivity index (χ0v) is 13.2. The maximum atomic E-state index is 5.75. The quantitative estimate of drug-likeness (QED) is 0.787. The van der Waals surface area contributed by atoms with Crippen molar-refractivity contribution in [2.45, 2.75) is 53.9 Å². The van der Waals surface area contributed by atoms with E-state index < -0.39 is 0 Å². The molecule has 108 valence electrons. The molecule has 3 unspecified atom stereocenters. The molecule has 2 N–H and O–H groups in total. The van der Waals surface area contributed by atoms with Gasteiger partial charge in [-0.1, -0.05) is 34.6 Å². The van der Waals surface area contributed by atoms with E-state index in [2.05, 4.69) is 39.5 Å². The summed E-state index contributed by atoms with van der Waals surface area (Å²) in [7, 11) is 0. The van der Waals surface area contributed by atoms with Gasteiger partial charge in [-0.25, -0.2) is 0 Å². The zero-order chi connectivity index (χ0) is 13.8. The molecular formula is C16H34N2. The van der Waals surface area contributed by atoms with Gasteiger partial charge < -0.3 is 10.6 Å². The number of hydrogen-bond donors (Lipinski definition) is 1. The lowest BCUT2D eigenvalue weighted by atomic mass is 9.76. The lowest BCUT2D eigenvalue weighted by Crippen LogP contribution is -2.26. The number of nitrogens with zero attached hydrogens (tertiary/aromatic N) is 1. The van der Waals surface area contributed by atoms with Crippen LogP contribution in [0.1, 0.15) is 53.9 Å². The predicted molar refractivity (Wildman–Crippen MR) is 80.6 cm³/mol. The van der Waals surface area contributed by atoms with Crippen LogP contribution in [-0.4, -0.2) is 31.1 Å². The highest BCUT2D eigenvalue weighted by molar-refractivity contribution is 4.79. The van der Waals surface area contributed by atoms with E-state index >= 15 is 0 Å². The molecule has 1 fully saturated rings. The van der Waals surface area contributed by atoms with Crippen molar-refractivity contribution in [3.8, 4) is 0 Å². The summed E-state index contributed by atoms with van der Waals surface area (Å²) < 4.78 is 0. The smallest absolute Gasteiger partial charge is 0.00102 e. The molecule has 0 spiro atoms. The van der Waals surface area contributed by atoms with Crippen molar-refractivity contribution in [3.05, 3.63) is 0 Å². The third-order valence-electron chi connectivity index (χ3n) is 4.83. The van der Waals surface area contributed by atoms with Gasteiger partial charge in [0.2, 0.25) is 0 Å². The summed E-state index contributed by atoms with van der Waals surface area (Å²) in [6.07, 6.45) is 3.84. The second-order valence-electron chi connectivity index (χ2n) is 7.50. The van der Waals surface area contributed by atoms with Gasteiger partial charge in [0.05, 0.1) is 0 Å². The largest absolute Gasteiger partial charge is 0.330 e. The van der Waals surface area contributed by atoms with E-state index in [1.807, 2.05) is 0 Å². The van der Waals surface area contributed by atoms with Crippen molar-refractivity contribution < 1.29 is 0 Å². The molecule has 1 heterocycles. The third kappa shape index (κ3) is 4.89. The standard InChI is InChI=1S/C16H34N2/c1-13-11-18(12-14(13)2)10-6-7-15(8-9-17)16(3,4)5/h13-15H,6-12,17H2,1-5H3. The van der Waals surface area contributed by atoms with Crippen LogP contribution in [-0.2, 0) is 0 Å². The first-order chi connectivity index (χ1) is 8.34. The topological polar surface area (TPSA) is 29.3 Å².